The number of nitrogens with one attached hydrogen (secondary N) is 1. The first-order valence-corrected chi connectivity index (χ1v) is 7.90. The molecule has 2 heterocycles. The van der Waals surface area contributed by atoms with Gasteiger partial charge in [0.1, 0.15) is 0 Å². The maximum Gasteiger partial charge on any atom is 0.0636 e. The maximum absolute atomic E-state index is 5.69. The van der Waals surface area contributed by atoms with E-state index < -0.39 is 0 Å². The molecule has 3 atom stereocenters. The molecule has 0 radical (unpaired) electrons. The summed E-state index contributed by atoms with van der Waals surface area (Å²) in [5.74, 6) is 0.701. The Hall–Kier alpha value is -0.160. The van der Waals surface area contributed by atoms with Gasteiger partial charge in [0.2, 0.25) is 0 Å². The minimum atomic E-state index is 0.516. The Morgan fingerprint density at radius 1 is 1.16 bits per heavy atom. The molecule has 0 amide bonds. The van der Waals surface area contributed by atoms with Gasteiger partial charge in [-0.05, 0) is 45.2 Å². The van der Waals surface area contributed by atoms with Crippen molar-refractivity contribution in [2.24, 2.45) is 5.92 Å². The molecule has 3 unspecified atom stereocenters. The highest BCUT2D eigenvalue weighted by Gasteiger charge is 2.30. The number of hydrogen-bond donors (Lipinski definition) is 1. The minimum absolute atomic E-state index is 0.516. The second-order valence-electron chi connectivity index (χ2n) is 6.01. The number of likely N-dealkylation sites (N-methyl/N-ethyl adjacent to an activating group) is 1. The van der Waals surface area contributed by atoms with Crippen molar-refractivity contribution in [1.29, 1.82) is 0 Å². The largest absolute Gasteiger partial charge is 0.381 e. The summed E-state index contributed by atoms with van der Waals surface area (Å²) in [5, 5.41) is 3.69. The third-order valence-corrected chi connectivity index (χ3v) is 4.35. The van der Waals surface area contributed by atoms with E-state index in [1.54, 1.807) is 0 Å². The van der Waals surface area contributed by atoms with E-state index in [9.17, 15) is 0 Å². The van der Waals surface area contributed by atoms with Gasteiger partial charge in [-0.1, -0.05) is 6.92 Å². The Kier molecular flexibility index (Phi) is 6.57. The molecular formula is C15H30N2O2. The number of ether oxygens (including phenoxy) is 2. The third-order valence-electron chi connectivity index (χ3n) is 4.35. The Labute approximate surface area is 117 Å². The molecule has 2 saturated heterocycles. The van der Waals surface area contributed by atoms with Gasteiger partial charge in [0.15, 0.2) is 0 Å². The van der Waals surface area contributed by atoms with Crippen LogP contribution in [0.4, 0.5) is 0 Å². The molecule has 2 rings (SSSR count). The average molecular weight is 270 g/mol. The second-order valence-corrected chi connectivity index (χ2v) is 6.01. The van der Waals surface area contributed by atoms with Crippen LogP contribution in [0.1, 0.15) is 32.6 Å². The Bertz CT molecular complexity index is 244. The molecule has 0 spiro atoms. The molecule has 0 bridgehead atoms. The van der Waals surface area contributed by atoms with E-state index in [4.69, 9.17) is 9.47 Å². The Morgan fingerprint density at radius 2 is 2.00 bits per heavy atom. The maximum atomic E-state index is 5.69. The van der Waals surface area contributed by atoms with Crippen LogP contribution in [0, 0.1) is 5.92 Å². The highest BCUT2D eigenvalue weighted by atomic mass is 16.5. The fourth-order valence-electron chi connectivity index (χ4n) is 3.22. The summed E-state index contributed by atoms with van der Waals surface area (Å²) in [6.45, 7) is 8.13. The molecule has 0 aliphatic carbocycles. The predicted molar refractivity (Wildman–Crippen MR) is 77.5 cm³/mol. The van der Waals surface area contributed by atoms with Gasteiger partial charge in [-0.15, -0.1) is 0 Å². The monoisotopic (exact) mass is 270 g/mol. The molecule has 0 aromatic heterocycles. The zero-order chi connectivity index (χ0) is 13.5. The van der Waals surface area contributed by atoms with E-state index in [0.29, 0.717) is 18.0 Å². The van der Waals surface area contributed by atoms with E-state index in [1.807, 2.05) is 0 Å². The van der Waals surface area contributed by atoms with Crippen molar-refractivity contribution >= 4 is 0 Å². The molecule has 112 valence electrons. The van der Waals surface area contributed by atoms with Crippen LogP contribution in [0.5, 0.6) is 0 Å². The van der Waals surface area contributed by atoms with Crippen molar-refractivity contribution in [2.75, 3.05) is 46.6 Å². The van der Waals surface area contributed by atoms with Crippen LogP contribution in [0.25, 0.3) is 0 Å². The van der Waals surface area contributed by atoms with Crippen molar-refractivity contribution in [3.8, 4) is 0 Å². The van der Waals surface area contributed by atoms with Crippen molar-refractivity contribution < 1.29 is 9.47 Å². The molecule has 0 aromatic carbocycles. The number of nitrogens with zero attached hydrogens (tertiary/aromatic N) is 1. The van der Waals surface area contributed by atoms with Gasteiger partial charge in [0.05, 0.1) is 13.2 Å². The van der Waals surface area contributed by atoms with E-state index in [0.717, 1.165) is 45.9 Å². The summed E-state index contributed by atoms with van der Waals surface area (Å²) in [6, 6.07) is 1.10. The third kappa shape index (κ3) is 4.71. The summed E-state index contributed by atoms with van der Waals surface area (Å²) >= 11 is 0. The zero-order valence-electron chi connectivity index (χ0n) is 12.6. The van der Waals surface area contributed by atoms with Crippen molar-refractivity contribution in [2.45, 2.75) is 44.7 Å². The van der Waals surface area contributed by atoms with E-state index in [1.165, 1.54) is 19.3 Å². The topological polar surface area (TPSA) is 33.7 Å². The molecule has 4 nitrogen and oxygen atoms in total. The summed E-state index contributed by atoms with van der Waals surface area (Å²) in [4.78, 5) is 2.49. The lowest BCUT2D eigenvalue weighted by Crippen LogP contribution is -2.55. The minimum Gasteiger partial charge on any atom is -0.381 e. The normalized spacial score (nSPS) is 32.7. The lowest BCUT2D eigenvalue weighted by molar-refractivity contribution is -0.0138. The lowest BCUT2D eigenvalue weighted by atomic mass is 9.97. The quantitative estimate of drug-likeness (QED) is 0.793. The SMILES string of the molecule is CCCNC1CCOCC1N(C)CC1CCCOC1. The van der Waals surface area contributed by atoms with Crippen LogP contribution in [0.3, 0.4) is 0 Å². The molecular weight excluding hydrogens is 240 g/mol. The summed E-state index contributed by atoms with van der Waals surface area (Å²) < 4.78 is 11.3. The van der Waals surface area contributed by atoms with Crippen LogP contribution in [0.15, 0.2) is 0 Å². The molecule has 0 aromatic rings. The Balaban J connectivity index is 1.81. The molecule has 2 aliphatic rings. The first-order valence-electron chi connectivity index (χ1n) is 7.90. The van der Waals surface area contributed by atoms with Crippen molar-refractivity contribution in [3.63, 3.8) is 0 Å². The van der Waals surface area contributed by atoms with Gasteiger partial charge in [0, 0.05) is 31.8 Å². The Morgan fingerprint density at radius 3 is 2.74 bits per heavy atom. The fraction of sp³-hybridized carbons (Fsp3) is 1.00. The lowest BCUT2D eigenvalue weighted by Gasteiger charge is -2.40. The molecule has 1 N–H and O–H groups in total. The highest BCUT2D eigenvalue weighted by Crippen LogP contribution is 2.19. The molecule has 19 heavy (non-hydrogen) atoms. The van der Waals surface area contributed by atoms with Gasteiger partial charge in [-0.2, -0.15) is 0 Å². The van der Waals surface area contributed by atoms with Crippen molar-refractivity contribution in [3.05, 3.63) is 0 Å². The van der Waals surface area contributed by atoms with E-state index in [-0.39, 0.29) is 0 Å². The molecule has 0 saturated carbocycles. The van der Waals surface area contributed by atoms with Gasteiger partial charge < -0.3 is 14.8 Å². The van der Waals surface area contributed by atoms with Crippen LogP contribution >= 0.6 is 0 Å². The molecule has 2 fully saturated rings. The van der Waals surface area contributed by atoms with E-state index in [2.05, 4.69) is 24.2 Å². The number of hydrogen-bond acceptors (Lipinski definition) is 4. The van der Waals surface area contributed by atoms with Crippen LogP contribution in [0.2, 0.25) is 0 Å². The molecule has 2 aliphatic heterocycles. The second kappa shape index (κ2) is 8.20. The average Bonchev–Trinajstić information content (AvgIpc) is 2.46. The predicted octanol–water partition coefficient (Wildman–Crippen LogP) is 1.50. The van der Waals surface area contributed by atoms with Gasteiger partial charge in [-0.3, -0.25) is 4.90 Å². The zero-order valence-corrected chi connectivity index (χ0v) is 12.6. The van der Waals surface area contributed by atoms with Gasteiger partial charge >= 0.3 is 0 Å². The number of rotatable bonds is 6. The van der Waals surface area contributed by atoms with Gasteiger partial charge in [0.25, 0.3) is 0 Å². The fourth-order valence-corrected chi connectivity index (χ4v) is 3.22. The summed E-state index contributed by atoms with van der Waals surface area (Å²) in [6.07, 6.45) is 4.86. The molecule has 4 heteroatoms. The highest BCUT2D eigenvalue weighted by molar-refractivity contribution is 4.87. The summed E-state index contributed by atoms with van der Waals surface area (Å²) in [7, 11) is 2.24. The summed E-state index contributed by atoms with van der Waals surface area (Å²) in [5.41, 5.74) is 0. The smallest absolute Gasteiger partial charge is 0.0636 e. The van der Waals surface area contributed by atoms with Crippen LogP contribution in [-0.4, -0.2) is 63.5 Å². The van der Waals surface area contributed by atoms with E-state index >= 15 is 0 Å². The van der Waals surface area contributed by atoms with Gasteiger partial charge in [-0.25, -0.2) is 0 Å². The van der Waals surface area contributed by atoms with Crippen LogP contribution in [-0.2, 0) is 9.47 Å². The first kappa shape index (κ1) is 15.2. The first-order chi connectivity index (χ1) is 9.31. The standard InChI is InChI=1S/C15H30N2O2/c1-3-7-16-14-6-9-19-12-15(14)17(2)10-13-5-4-8-18-11-13/h13-16H,3-12H2,1-2H3. The van der Waals surface area contributed by atoms with Crippen molar-refractivity contribution in [1.82, 2.24) is 10.2 Å². The van der Waals surface area contributed by atoms with Crippen LogP contribution < -0.4 is 5.32 Å².